The van der Waals surface area contributed by atoms with Crippen LogP contribution in [0, 0.1) is 17.8 Å². The van der Waals surface area contributed by atoms with E-state index in [1.165, 1.54) is 32.4 Å². The predicted octanol–water partition coefficient (Wildman–Crippen LogP) is 1.98. The third kappa shape index (κ3) is 1.44. The van der Waals surface area contributed by atoms with Gasteiger partial charge in [-0.15, -0.1) is 0 Å². The van der Waals surface area contributed by atoms with Gasteiger partial charge in [-0.2, -0.15) is 0 Å². The van der Waals surface area contributed by atoms with Crippen LogP contribution in [0.15, 0.2) is 0 Å². The maximum absolute atomic E-state index is 2.53. The molecular formula is C10H19N. The van der Waals surface area contributed by atoms with Gasteiger partial charge in [0.05, 0.1) is 0 Å². The Morgan fingerprint density at radius 2 is 2.00 bits per heavy atom. The summed E-state index contributed by atoms with van der Waals surface area (Å²) in [5.41, 5.74) is 0. The molecule has 3 fully saturated rings. The number of hydrogen-bond donors (Lipinski definition) is 0. The molecule has 1 saturated carbocycles. The largest absolute Gasteiger partial charge is 0.306 e. The molecule has 0 radical (unpaired) electrons. The van der Waals surface area contributed by atoms with Crippen molar-refractivity contribution >= 4 is 0 Å². The highest BCUT2D eigenvalue weighted by molar-refractivity contribution is 4.84. The summed E-state index contributed by atoms with van der Waals surface area (Å²) < 4.78 is 0. The van der Waals surface area contributed by atoms with E-state index in [0.29, 0.717) is 0 Å². The average molecular weight is 153 g/mol. The second-order valence-corrected chi connectivity index (χ2v) is 4.64. The molecule has 2 aliphatic heterocycles. The topological polar surface area (TPSA) is 3.24 Å². The van der Waals surface area contributed by atoms with Gasteiger partial charge in [0.15, 0.2) is 0 Å². The molecule has 0 aromatic carbocycles. The Kier molecular flexibility index (Phi) is 1.92. The van der Waals surface area contributed by atoms with E-state index < -0.39 is 0 Å². The van der Waals surface area contributed by atoms with Crippen molar-refractivity contribution in [3.8, 4) is 0 Å². The summed E-state index contributed by atoms with van der Waals surface area (Å²) >= 11 is 0. The third-order valence-electron chi connectivity index (χ3n) is 3.57. The zero-order chi connectivity index (χ0) is 7.84. The molecule has 3 unspecified atom stereocenters. The van der Waals surface area contributed by atoms with Gasteiger partial charge in [-0.3, -0.25) is 0 Å². The summed E-state index contributed by atoms with van der Waals surface area (Å²) in [5, 5.41) is 0. The molecule has 3 aliphatic rings. The van der Waals surface area contributed by atoms with Gasteiger partial charge in [-0.25, -0.2) is 0 Å². The molecule has 2 bridgehead atoms. The molecular weight excluding hydrogens is 134 g/mol. The van der Waals surface area contributed by atoms with Crippen molar-refractivity contribution in [2.45, 2.75) is 26.2 Å². The molecule has 0 aromatic heterocycles. The summed E-state index contributed by atoms with van der Waals surface area (Å²) in [6.45, 7) is 5.16. The van der Waals surface area contributed by atoms with Crippen LogP contribution in [-0.2, 0) is 0 Å². The zero-order valence-corrected chi connectivity index (χ0v) is 7.71. The van der Waals surface area contributed by atoms with Crippen LogP contribution < -0.4 is 0 Å². The van der Waals surface area contributed by atoms with Gasteiger partial charge in [-0.1, -0.05) is 6.92 Å². The van der Waals surface area contributed by atoms with Crippen LogP contribution in [0.25, 0.3) is 0 Å². The molecule has 64 valence electrons. The lowest BCUT2D eigenvalue weighted by Gasteiger charge is -2.28. The van der Waals surface area contributed by atoms with Gasteiger partial charge in [0.2, 0.25) is 0 Å². The van der Waals surface area contributed by atoms with Crippen molar-refractivity contribution in [2.75, 3.05) is 20.1 Å². The molecule has 3 atom stereocenters. The fourth-order valence-electron chi connectivity index (χ4n) is 2.92. The minimum absolute atomic E-state index is 0.999. The quantitative estimate of drug-likeness (QED) is 0.514. The fraction of sp³-hybridized carbons (Fsp3) is 1.00. The Balaban J connectivity index is 2.10. The maximum Gasteiger partial charge on any atom is 0.000927 e. The lowest BCUT2D eigenvalue weighted by Crippen LogP contribution is -2.24. The molecule has 11 heavy (non-hydrogen) atoms. The molecule has 0 amide bonds. The summed E-state index contributed by atoms with van der Waals surface area (Å²) in [4.78, 5) is 2.53. The average Bonchev–Trinajstić information content (AvgIpc) is 2.16. The van der Waals surface area contributed by atoms with E-state index in [1.807, 2.05) is 0 Å². The minimum atomic E-state index is 0.999. The highest BCUT2D eigenvalue weighted by atomic mass is 15.1. The van der Waals surface area contributed by atoms with E-state index in [-0.39, 0.29) is 0 Å². The van der Waals surface area contributed by atoms with Crippen molar-refractivity contribution in [1.29, 1.82) is 0 Å². The number of fused-ring (bicyclic) bond motifs is 4. The smallest absolute Gasteiger partial charge is 0.000927 e. The molecule has 0 N–H and O–H groups in total. The Morgan fingerprint density at radius 1 is 1.18 bits per heavy atom. The minimum Gasteiger partial charge on any atom is -0.306 e. The van der Waals surface area contributed by atoms with Crippen LogP contribution in [0.2, 0.25) is 0 Å². The molecule has 1 aliphatic carbocycles. The van der Waals surface area contributed by atoms with Crippen LogP contribution in [0.3, 0.4) is 0 Å². The first kappa shape index (κ1) is 7.60. The van der Waals surface area contributed by atoms with Gasteiger partial charge < -0.3 is 4.90 Å². The van der Waals surface area contributed by atoms with Crippen LogP contribution in [0.1, 0.15) is 26.2 Å². The lowest BCUT2D eigenvalue weighted by molar-refractivity contribution is 0.231. The highest BCUT2D eigenvalue weighted by Crippen LogP contribution is 2.37. The summed E-state index contributed by atoms with van der Waals surface area (Å²) in [6.07, 6.45) is 4.49. The Hall–Kier alpha value is -0.0400. The van der Waals surface area contributed by atoms with Crippen molar-refractivity contribution in [3.05, 3.63) is 0 Å². The molecule has 0 aromatic rings. The first-order chi connectivity index (χ1) is 5.25. The van der Waals surface area contributed by atoms with Crippen LogP contribution in [0.4, 0.5) is 0 Å². The zero-order valence-electron chi connectivity index (χ0n) is 7.71. The van der Waals surface area contributed by atoms with E-state index in [9.17, 15) is 0 Å². The van der Waals surface area contributed by atoms with E-state index >= 15 is 0 Å². The number of hydrogen-bond acceptors (Lipinski definition) is 1. The van der Waals surface area contributed by atoms with Crippen LogP contribution in [-0.4, -0.2) is 25.0 Å². The maximum atomic E-state index is 2.53. The number of rotatable bonds is 0. The van der Waals surface area contributed by atoms with E-state index in [0.717, 1.165) is 17.8 Å². The molecule has 1 nitrogen and oxygen atoms in total. The van der Waals surface area contributed by atoms with Gasteiger partial charge in [-0.05, 0) is 44.1 Å². The van der Waals surface area contributed by atoms with Crippen LogP contribution >= 0.6 is 0 Å². The Bertz CT molecular complexity index is 142. The van der Waals surface area contributed by atoms with Gasteiger partial charge >= 0.3 is 0 Å². The Morgan fingerprint density at radius 3 is 2.73 bits per heavy atom. The standard InChI is InChI=1S/C10H19N/c1-8-5-9-3-4-10(8)7-11(2)6-9/h8-10H,3-7H2,1-2H3. The van der Waals surface area contributed by atoms with Gasteiger partial charge in [0, 0.05) is 13.1 Å². The predicted molar refractivity (Wildman–Crippen MR) is 47.5 cm³/mol. The van der Waals surface area contributed by atoms with Gasteiger partial charge in [0.25, 0.3) is 0 Å². The van der Waals surface area contributed by atoms with Crippen molar-refractivity contribution in [3.63, 3.8) is 0 Å². The number of nitrogens with zero attached hydrogens (tertiary/aromatic N) is 1. The van der Waals surface area contributed by atoms with Crippen molar-refractivity contribution in [2.24, 2.45) is 17.8 Å². The summed E-state index contributed by atoms with van der Waals surface area (Å²) in [6, 6.07) is 0. The van der Waals surface area contributed by atoms with E-state index in [2.05, 4.69) is 18.9 Å². The van der Waals surface area contributed by atoms with E-state index in [1.54, 1.807) is 0 Å². The van der Waals surface area contributed by atoms with Crippen molar-refractivity contribution < 1.29 is 0 Å². The fourth-order valence-corrected chi connectivity index (χ4v) is 2.92. The SMILES string of the molecule is CC1CC2CCC1CN(C)C2. The molecule has 2 saturated heterocycles. The summed E-state index contributed by atoms with van der Waals surface area (Å²) in [5.74, 6) is 3.03. The Labute approximate surface area is 69.8 Å². The molecule has 3 rings (SSSR count). The lowest BCUT2D eigenvalue weighted by atomic mass is 9.77. The monoisotopic (exact) mass is 153 g/mol. The molecule has 0 spiro atoms. The second-order valence-electron chi connectivity index (χ2n) is 4.64. The molecule has 2 heterocycles. The second kappa shape index (κ2) is 2.78. The van der Waals surface area contributed by atoms with Crippen molar-refractivity contribution in [1.82, 2.24) is 4.90 Å². The van der Waals surface area contributed by atoms with Gasteiger partial charge in [0.1, 0.15) is 0 Å². The third-order valence-corrected chi connectivity index (χ3v) is 3.57. The highest BCUT2D eigenvalue weighted by Gasteiger charge is 2.32. The first-order valence-electron chi connectivity index (χ1n) is 4.94. The molecule has 1 heteroatoms. The first-order valence-corrected chi connectivity index (χ1v) is 4.94. The van der Waals surface area contributed by atoms with E-state index in [4.69, 9.17) is 0 Å². The normalized spacial score (nSPS) is 45.8. The summed E-state index contributed by atoms with van der Waals surface area (Å²) in [7, 11) is 2.28. The van der Waals surface area contributed by atoms with Crippen LogP contribution in [0.5, 0.6) is 0 Å².